The van der Waals surface area contributed by atoms with Crippen molar-refractivity contribution in [2.75, 3.05) is 26.4 Å². The molecule has 1 aromatic heterocycles. The highest BCUT2D eigenvalue weighted by molar-refractivity contribution is 6.31. The molecule has 1 saturated heterocycles. The molecule has 0 bridgehead atoms. The van der Waals surface area contributed by atoms with Crippen molar-refractivity contribution < 1.29 is 23.8 Å². The molecule has 0 amide bonds. The lowest BCUT2D eigenvalue weighted by Crippen LogP contribution is -2.34. The van der Waals surface area contributed by atoms with Crippen LogP contribution in [0.2, 0.25) is 5.02 Å². The first-order chi connectivity index (χ1) is 16.3. The zero-order chi connectivity index (χ0) is 24.4. The number of carbonyl (C=O) groups excluding carboxylic acids is 2. The Morgan fingerprint density at radius 1 is 1.24 bits per heavy atom. The van der Waals surface area contributed by atoms with Crippen LogP contribution in [0.5, 0.6) is 0 Å². The highest BCUT2D eigenvalue weighted by Crippen LogP contribution is 2.44. The molecule has 2 aromatic rings. The number of fused-ring (bicyclic) bond motifs is 1. The van der Waals surface area contributed by atoms with Gasteiger partial charge in [-0.15, -0.1) is 0 Å². The van der Waals surface area contributed by atoms with E-state index in [1.165, 1.54) is 0 Å². The first kappa shape index (κ1) is 24.2. The van der Waals surface area contributed by atoms with Crippen molar-refractivity contribution >= 4 is 29.3 Å². The van der Waals surface area contributed by atoms with Crippen molar-refractivity contribution in [3.05, 3.63) is 63.3 Å². The molecule has 34 heavy (non-hydrogen) atoms. The summed E-state index contributed by atoms with van der Waals surface area (Å²) >= 11 is 6.51. The van der Waals surface area contributed by atoms with Crippen LogP contribution in [0.4, 0.5) is 0 Å². The average Bonchev–Trinajstić information content (AvgIpc) is 3.29. The number of imidazole rings is 1. The summed E-state index contributed by atoms with van der Waals surface area (Å²) in [5, 5.41) is 0.456. The molecule has 9 heteroatoms. The molecule has 2 unspecified atom stereocenters. The Kier molecular flexibility index (Phi) is 7.19. The van der Waals surface area contributed by atoms with Gasteiger partial charge in [0.2, 0.25) is 0 Å². The minimum absolute atomic E-state index is 0.0801. The molecule has 0 aliphatic carbocycles. The van der Waals surface area contributed by atoms with Crippen LogP contribution in [0.15, 0.2) is 40.5 Å². The minimum Gasteiger partial charge on any atom is -0.463 e. The van der Waals surface area contributed by atoms with Crippen LogP contribution in [-0.2, 0) is 30.3 Å². The number of aryl methyl sites for hydroxylation is 2. The molecule has 3 heterocycles. The molecule has 1 aromatic carbocycles. The van der Waals surface area contributed by atoms with E-state index >= 15 is 0 Å². The number of carbonyl (C=O) groups is 2. The second kappa shape index (κ2) is 10.1. The van der Waals surface area contributed by atoms with Crippen LogP contribution in [0.3, 0.4) is 0 Å². The summed E-state index contributed by atoms with van der Waals surface area (Å²) in [4.78, 5) is 34.9. The van der Waals surface area contributed by atoms with Crippen LogP contribution < -0.4 is 0 Å². The van der Waals surface area contributed by atoms with Gasteiger partial charge in [-0.1, -0.05) is 29.8 Å². The van der Waals surface area contributed by atoms with Gasteiger partial charge in [-0.25, -0.2) is 9.78 Å². The molecule has 0 saturated carbocycles. The lowest BCUT2D eigenvalue weighted by atomic mass is 9.76. The van der Waals surface area contributed by atoms with Crippen LogP contribution in [-0.4, -0.2) is 53.6 Å². The van der Waals surface area contributed by atoms with Crippen LogP contribution >= 0.6 is 11.6 Å². The van der Waals surface area contributed by atoms with Gasteiger partial charge in [0.05, 0.1) is 42.5 Å². The molecule has 8 nitrogen and oxygen atoms in total. The van der Waals surface area contributed by atoms with Gasteiger partial charge in [-0.3, -0.25) is 9.79 Å². The molecule has 2 aliphatic rings. The van der Waals surface area contributed by atoms with Crippen molar-refractivity contribution in [2.45, 2.75) is 40.2 Å². The van der Waals surface area contributed by atoms with E-state index in [9.17, 15) is 9.59 Å². The van der Waals surface area contributed by atoms with E-state index in [0.29, 0.717) is 35.1 Å². The molecule has 0 spiro atoms. The SMILES string of the molecule is CCOC(=O)C1=C(COCCn2c(C)nc(C)c2C)N=C2COC(=O)C2C1c1ccccc1Cl. The maximum absolute atomic E-state index is 13.1. The highest BCUT2D eigenvalue weighted by atomic mass is 35.5. The molecule has 1 fully saturated rings. The third kappa shape index (κ3) is 4.52. The van der Waals surface area contributed by atoms with Crippen LogP contribution in [0, 0.1) is 26.7 Å². The van der Waals surface area contributed by atoms with Crippen molar-refractivity contribution in [2.24, 2.45) is 10.9 Å². The van der Waals surface area contributed by atoms with Gasteiger partial charge in [0.15, 0.2) is 0 Å². The van der Waals surface area contributed by atoms with Gasteiger partial charge in [-0.05, 0) is 39.3 Å². The molecule has 0 radical (unpaired) electrons. The predicted octanol–water partition coefficient (Wildman–Crippen LogP) is 3.71. The van der Waals surface area contributed by atoms with Gasteiger partial charge in [-0.2, -0.15) is 0 Å². The molecule has 2 atom stereocenters. The van der Waals surface area contributed by atoms with E-state index in [-0.39, 0.29) is 25.4 Å². The third-order valence-corrected chi connectivity index (χ3v) is 6.64. The van der Waals surface area contributed by atoms with Crippen molar-refractivity contribution in [3.63, 3.8) is 0 Å². The number of rotatable bonds is 8. The Morgan fingerprint density at radius 2 is 2.00 bits per heavy atom. The number of esters is 2. The molecule has 180 valence electrons. The normalized spacial score (nSPS) is 19.7. The molecular weight excluding hydrogens is 458 g/mol. The van der Waals surface area contributed by atoms with E-state index in [0.717, 1.165) is 17.2 Å². The van der Waals surface area contributed by atoms with Gasteiger partial charge < -0.3 is 18.8 Å². The van der Waals surface area contributed by atoms with Crippen molar-refractivity contribution in [1.82, 2.24) is 9.55 Å². The Balaban J connectivity index is 1.66. The topological polar surface area (TPSA) is 92.0 Å². The maximum atomic E-state index is 13.1. The zero-order valence-electron chi connectivity index (χ0n) is 19.8. The van der Waals surface area contributed by atoms with Crippen LogP contribution in [0.1, 0.15) is 35.6 Å². The maximum Gasteiger partial charge on any atom is 0.336 e. The smallest absolute Gasteiger partial charge is 0.336 e. The summed E-state index contributed by atoms with van der Waals surface area (Å²) < 4.78 is 18.7. The van der Waals surface area contributed by atoms with E-state index < -0.39 is 23.8 Å². The Hall–Kier alpha value is -2.97. The number of cyclic esters (lactones) is 1. The predicted molar refractivity (Wildman–Crippen MR) is 127 cm³/mol. The standard InChI is InChI=1S/C25H28ClN3O5/c1-5-33-24(30)22-19(12-32-11-10-29-15(3)14(2)27-16(29)4)28-20-13-34-25(31)23(20)21(22)17-8-6-7-9-18(17)26/h6-9,21,23H,5,10-13H2,1-4H3. The van der Waals surface area contributed by atoms with E-state index in [2.05, 4.69) is 14.5 Å². The van der Waals surface area contributed by atoms with Crippen molar-refractivity contribution in [3.8, 4) is 0 Å². The van der Waals surface area contributed by atoms with E-state index in [1.54, 1.807) is 19.1 Å². The van der Waals surface area contributed by atoms with E-state index in [1.807, 2.05) is 32.9 Å². The Labute approximate surface area is 203 Å². The lowest BCUT2D eigenvalue weighted by molar-refractivity contribution is -0.142. The fourth-order valence-corrected chi connectivity index (χ4v) is 4.83. The number of hydrogen-bond donors (Lipinski definition) is 0. The fourth-order valence-electron chi connectivity index (χ4n) is 4.57. The number of ether oxygens (including phenoxy) is 3. The summed E-state index contributed by atoms with van der Waals surface area (Å²) in [6.07, 6.45) is 0. The first-order valence-electron chi connectivity index (χ1n) is 11.3. The number of hydrogen-bond acceptors (Lipinski definition) is 7. The molecule has 0 N–H and O–H groups in total. The summed E-state index contributed by atoms with van der Waals surface area (Å²) in [7, 11) is 0. The average molecular weight is 486 g/mol. The summed E-state index contributed by atoms with van der Waals surface area (Å²) in [6, 6.07) is 7.17. The summed E-state index contributed by atoms with van der Waals surface area (Å²) in [6.45, 7) is 9.07. The monoisotopic (exact) mass is 485 g/mol. The van der Waals surface area contributed by atoms with Crippen molar-refractivity contribution in [1.29, 1.82) is 0 Å². The Morgan fingerprint density at radius 3 is 2.68 bits per heavy atom. The highest BCUT2D eigenvalue weighted by Gasteiger charge is 2.48. The second-order valence-corrected chi connectivity index (χ2v) is 8.71. The second-order valence-electron chi connectivity index (χ2n) is 8.30. The van der Waals surface area contributed by atoms with Gasteiger partial charge in [0, 0.05) is 23.2 Å². The number of benzene rings is 1. The number of aliphatic imine (C=N–C) groups is 1. The summed E-state index contributed by atoms with van der Waals surface area (Å²) in [5.41, 5.74) is 4.02. The minimum atomic E-state index is -0.720. The van der Waals surface area contributed by atoms with Gasteiger partial charge >= 0.3 is 11.9 Å². The van der Waals surface area contributed by atoms with Crippen LogP contribution in [0.25, 0.3) is 0 Å². The van der Waals surface area contributed by atoms with Gasteiger partial charge in [0.25, 0.3) is 0 Å². The Bertz CT molecular complexity index is 1180. The third-order valence-electron chi connectivity index (χ3n) is 6.29. The number of nitrogens with zero attached hydrogens (tertiary/aromatic N) is 3. The molecule has 4 rings (SSSR count). The molecular formula is C25H28ClN3O5. The first-order valence-corrected chi connectivity index (χ1v) is 11.7. The fraction of sp³-hybridized carbons (Fsp3) is 0.440. The summed E-state index contributed by atoms with van der Waals surface area (Å²) in [5.74, 6) is -1.42. The van der Waals surface area contributed by atoms with E-state index in [4.69, 9.17) is 25.8 Å². The quantitative estimate of drug-likeness (QED) is 0.418. The molecule has 2 aliphatic heterocycles. The largest absolute Gasteiger partial charge is 0.463 e. The van der Waals surface area contributed by atoms with Gasteiger partial charge in [0.1, 0.15) is 18.3 Å². The number of halogens is 1. The lowest BCUT2D eigenvalue weighted by Gasteiger charge is -2.29. The zero-order valence-corrected chi connectivity index (χ0v) is 20.5. The number of aromatic nitrogens is 2.